The minimum absolute atomic E-state index is 0.221. The van der Waals surface area contributed by atoms with E-state index in [-0.39, 0.29) is 25.0 Å². The Kier molecular flexibility index (Phi) is 4.58. The highest BCUT2D eigenvalue weighted by molar-refractivity contribution is 6.31. The van der Waals surface area contributed by atoms with Crippen LogP contribution in [0.5, 0.6) is 0 Å². The van der Waals surface area contributed by atoms with Crippen LogP contribution in [0.2, 0.25) is 5.02 Å². The molecule has 2 atom stereocenters. The van der Waals surface area contributed by atoms with Gasteiger partial charge in [-0.25, -0.2) is 9.69 Å². The van der Waals surface area contributed by atoms with E-state index in [0.29, 0.717) is 5.02 Å². The molecule has 0 bridgehead atoms. The molecule has 1 saturated heterocycles. The number of ether oxygens (including phenoxy) is 1. The van der Waals surface area contributed by atoms with Crippen LogP contribution in [0.25, 0.3) is 0 Å². The van der Waals surface area contributed by atoms with Gasteiger partial charge in [-0.2, -0.15) is 5.10 Å². The second-order valence-corrected chi connectivity index (χ2v) is 6.95. The van der Waals surface area contributed by atoms with Gasteiger partial charge in [-0.1, -0.05) is 48.9 Å². The van der Waals surface area contributed by atoms with Gasteiger partial charge < -0.3 is 4.74 Å². The Bertz CT molecular complexity index is 916. The van der Waals surface area contributed by atoms with E-state index in [1.165, 1.54) is 0 Å². The molecule has 2 aromatic rings. The third kappa shape index (κ3) is 3.17. The molecule has 2 heterocycles. The topological polar surface area (TPSA) is 62.2 Å². The summed E-state index contributed by atoms with van der Waals surface area (Å²) in [6.45, 7) is 2.42. The maximum Gasteiger partial charge on any atom is 0.416 e. The summed E-state index contributed by atoms with van der Waals surface area (Å²) in [6, 6.07) is 16.2. The quantitative estimate of drug-likeness (QED) is 0.813. The average molecular weight is 384 g/mol. The highest BCUT2D eigenvalue weighted by Gasteiger charge is 2.45. The number of halogens is 1. The average Bonchev–Trinajstić information content (AvgIpc) is 3.25. The van der Waals surface area contributed by atoms with Gasteiger partial charge in [0.15, 0.2) is 0 Å². The molecule has 2 aromatic carbocycles. The number of imide groups is 1. The minimum Gasteiger partial charge on any atom is -0.447 e. The van der Waals surface area contributed by atoms with Gasteiger partial charge in [0.05, 0.1) is 17.9 Å². The smallest absolute Gasteiger partial charge is 0.416 e. The first-order chi connectivity index (χ1) is 13.1. The van der Waals surface area contributed by atoms with Crippen LogP contribution in [0.1, 0.15) is 12.5 Å². The van der Waals surface area contributed by atoms with Gasteiger partial charge in [-0.3, -0.25) is 9.80 Å². The van der Waals surface area contributed by atoms with E-state index in [1.807, 2.05) is 55.5 Å². The normalized spacial score (nSPS) is 22.0. The third-order valence-corrected chi connectivity index (χ3v) is 5.04. The summed E-state index contributed by atoms with van der Waals surface area (Å²) in [4.78, 5) is 26.3. The first kappa shape index (κ1) is 17.5. The number of anilines is 1. The predicted molar refractivity (Wildman–Crippen MR) is 103 cm³/mol. The number of carbonyl (C=O) groups excluding carboxylic acids is 2. The number of para-hydroxylation sites is 1. The molecule has 2 amide bonds. The van der Waals surface area contributed by atoms with Crippen molar-refractivity contribution in [2.45, 2.75) is 13.0 Å². The van der Waals surface area contributed by atoms with Crippen LogP contribution < -0.4 is 5.01 Å². The molecule has 0 radical (unpaired) electrons. The molecule has 6 nitrogen and oxygen atoms in total. The largest absolute Gasteiger partial charge is 0.447 e. The van der Waals surface area contributed by atoms with Crippen molar-refractivity contribution in [3.63, 3.8) is 0 Å². The first-order valence-corrected chi connectivity index (χ1v) is 9.11. The molecule has 0 unspecified atom stereocenters. The van der Waals surface area contributed by atoms with E-state index in [1.54, 1.807) is 11.1 Å². The molecule has 138 valence electrons. The first-order valence-electron chi connectivity index (χ1n) is 8.73. The molecule has 0 aliphatic carbocycles. The summed E-state index contributed by atoms with van der Waals surface area (Å²) >= 11 is 6.14. The molecular formula is C20H18ClN3O3. The molecule has 2 aliphatic heterocycles. The number of benzene rings is 2. The van der Waals surface area contributed by atoms with Crippen LogP contribution in [-0.4, -0.2) is 41.8 Å². The lowest BCUT2D eigenvalue weighted by Gasteiger charge is -2.27. The number of cyclic esters (lactones) is 1. The SMILES string of the molecule is C[C@@H]1C(c2cccc(Cl)c2)=NN(c2ccccc2)[C@H]1C(=O)N1CCOC1=O. The van der Waals surface area contributed by atoms with Crippen LogP contribution in [0.4, 0.5) is 10.5 Å². The number of amides is 2. The number of carbonyl (C=O) groups is 2. The van der Waals surface area contributed by atoms with Gasteiger partial charge in [-0.15, -0.1) is 0 Å². The summed E-state index contributed by atoms with van der Waals surface area (Å²) in [5.74, 6) is -0.542. The number of hydrogen-bond donors (Lipinski definition) is 0. The van der Waals surface area contributed by atoms with Gasteiger partial charge in [0.2, 0.25) is 0 Å². The van der Waals surface area contributed by atoms with Crippen LogP contribution in [-0.2, 0) is 9.53 Å². The molecule has 0 N–H and O–H groups in total. The minimum atomic E-state index is -0.632. The van der Waals surface area contributed by atoms with Gasteiger partial charge >= 0.3 is 6.09 Å². The van der Waals surface area contributed by atoms with Gasteiger partial charge in [0, 0.05) is 10.9 Å². The van der Waals surface area contributed by atoms with Crippen molar-refractivity contribution in [2.24, 2.45) is 11.0 Å². The third-order valence-electron chi connectivity index (χ3n) is 4.80. The molecule has 4 rings (SSSR count). The van der Waals surface area contributed by atoms with Crippen molar-refractivity contribution in [1.82, 2.24) is 4.90 Å². The van der Waals surface area contributed by atoms with Crippen molar-refractivity contribution < 1.29 is 14.3 Å². The van der Waals surface area contributed by atoms with E-state index in [9.17, 15) is 9.59 Å². The standard InChI is InChI=1S/C20H18ClN3O3/c1-13-17(14-6-5-7-15(21)12-14)22-24(16-8-3-2-4-9-16)18(13)19(25)23-10-11-27-20(23)26/h2-9,12-13,18H,10-11H2,1H3/t13-,18-/m1/s1. The number of nitrogens with zero attached hydrogens (tertiary/aromatic N) is 3. The van der Waals surface area contributed by atoms with E-state index >= 15 is 0 Å². The second-order valence-electron chi connectivity index (χ2n) is 6.51. The Morgan fingerprint density at radius 2 is 1.96 bits per heavy atom. The summed E-state index contributed by atoms with van der Waals surface area (Å²) in [5, 5.41) is 7.03. The lowest BCUT2D eigenvalue weighted by atomic mass is 9.92. The van der Waals surface area contributed by atoms with Crippen molar-refractivity contribution in [1.29, 1.82) is 0 Å². The maximum absolute atomic E-state index is 13.2. The predicted octanol–water partition coefficient (Wildman–Crippen LogP) is 3.55. The molecule has 27 heavy (non-hydrogen) atoms. The number of rotatable bonds is 3. The zero-order valence-corrected chi connectivity index (χ0v) is 15.5. The Balaban J connectivity index is 1.75. The lowest BCUT2D eigenvalue weighted by molar-refractivity contribution is -0.129. The van der Waals surface area contributed by atoms with Crippen LogP contribution >= 0.6 is 11.6 Å². The summed E-state index contributed by atoms with van der Waals surface area (Å²) in [7, 11) is 0. The molecule has 0 spiro atoms. The van der Waals surface area contributed by atoms with E-state index in [2.05, 4.69) is 0 Å². The van der Waals surface area contributed by atoms with E-state index in [0.717, 1.165) is 21.9 Å². The second kappa shape index (κ2) is 7.04. The summed E-state index contributed by atoms with van der Waals surface area (Å²) in [5.41, 5.74) is 2.40. The monoisotopic (exact) mass is 383 g/mol. The molecule has 2 aliphatic rings. The number of hydrogen-bond acceptors (Lipinski definition) is 5. The molecular weight excluding hydrogens is 366 g/mol. The Morgan fingerprint density at radius 1 is 1.19 bits per heavy atom. The van der Waals surface area contributed by atoms with E-state index < -0.39 is 12.1 Å². The van der Waals surface area contributed by atoms with E-state index in [4.69, 9.17) is 21.4 Å². The molecule has 1 fully saturated rings. The summed E-state index contributed by atoms with van der Waals surface area (Å²) < 4.78 is 4.94. The zero-order chi connectivity index (χ0) is 19.0. The fraction of sp³-hybridized carbons (Fsp3) is 0.250. The highest BCUT2D eigenvalue weighted by Crippen LogP contribution is 2.32. The molecule has 7 heteroatoms. The van der Waals surface area contributed by atoms with Crippen LogP contribution in [0, 0.1) is 5.92 Å². The van der Waals surface area contributed by atoms with Gasteiger partial charge in [0.25, 0.3) is 5.91 Å². The Labute approximate surface area is 162 Å². The zero-order valence-electron chi connectivity index (χ0n) is 14.7. The van der Waals surface area contributed by atoms with Crippen molar-refractivity contribution in [3.8, 4) is 0 Å². The fourth-order valence-electron chi connectivity index (χ4n) is 3.47. The van der Waals surface area contributed by atoms with Gasteiger partial charge in [-0.05, 0) is 29.8 Å². The lowest BCUT2D eigenvalue weighted by Crippen LogP contribution is -2.48. The number of hydrazone groups is 1. The Morgan fingerprint density at radius 3 is 2.63 bits per heavy atom. The maximum atomic E-state index is 13.2. The van der Waals surface area contributed by atoms with Crippen LogP contribution in [0.15, 0.2) is 59.7 Å². The van der Waals surface area contributed by atoms with Crippen molar-refractivity contribution in [2.75, 3.05) is 18.2 Å². The highest BCUT2D eigenvalue weighted by atomic mass is 35.5. The fourth-order valence-corrected chi connectivity index (χ4v) is 3.66. The summed E-state index contributed by atoms with van der Waals surface area (Å²) in [6.07, 6.45) is -0.601. The van der Waals surface area contributed by atoms with Crippen molar-refractivity contribution >= 4 is 35.0 Å². The molecule has 0 saturated carbocycles. The molecule has 0 aromatic heterocycles. The van der Waals surface area contributed by atoms with Crippen LogP contribution in [0.3, 0.4) is 0 Å². The Hall–Kier alpha value is -2.86. The van der Waals surface area contributed by atoms with Gasteiger partial charge in [0.1, 0.15) is 12.6 Å². The van der Waals surface area contributed by atoms with Crippen molar-refractivity contribution in [3.05, 3.63) is 65.2 Å².